The molecule has 0 unspecified atom stereocenters. The van der Waals surface area contributed by atoms with Crippen LogP contribution in [0, 0.1) is 6.92 Å². The Bertz CT molecular complexity index is 1040. The van der Waals surface area contributed by atoms with Crippen LogP contribution in [0.2, 0.25) is 0 Å². The van der Waals surface area contributed by atoms with E-state index >= 15 is 0 Å². The van der Waals surface area contributed by atoms with E-state index in [1.807, 2.05) is 96.0 Å². The number of hydrogen-bond donors (Lipinski definition) is 1. The van der Waals surface area contributed by atoms with Gasteiger partial charge in [-0.3, -0.25) is 4.79 Å². The van der Waals surface area contributed by atoms with Crippen molar-refractivity contribution in [1.29, 1.82) is 0 Å². The molecule has 0 aliphatic rings. The van der Waals surface area contributed by atoms with E-state index in [2.05, 4.69) is 10.3 Å². The number of nitrogens with zero attached hydrogens (tertiary/aromatic N) is 2. The molecule has 0 saturated heterocycles. The molecule has 4 rings (SSSR count). The first-order chi connectivity index (χ1) is 13.2. The summed E-state index contributed by atoms with van der Waals surface area (Å²) in [5.41, 5.74) is 3.63. The van der Waals surface area contributed by atoms with Gasteiger partial charge in [-0.2, -0.15) is 0 Å². The lowest BCUT2D eigenvalue weighted by molar-refractivity contribution is -0.118. The predicted octanol–water partition coefficient (Wildman–Crippen LogP) is 5.15. The van der Waals surface area contributed by atoms with Crippen LogP contribution in [0.1, 0.15) is 16.6 Å². The van der Waals surface area contributed by atoms with E-state index in [-0.39, 0.29) is 5.91 Å². The van der Waals surface area contributed by atoms with Gasteiger partial charge in [0.2, 0.25) is 0 Å². The molecule has 2 aromatic heterocycles. The summed E-state index contributed by atoms with van der Waals surface area (Å²) in [5, 5.41) is 6.12. The van der Waals surface area contributed by atoms with Gasteiger partial charge in [0.15, 0.2) is 0 Å². The summed E-state index contributed by atoms with van der Waals surface area (Å²) in [6.07, 6.45) is 3.82. The number of nitrogens with one attached hydrogen (secondary N) is 1. The number of hydrogen-bond acceptors (Lipinski definition) is 3. The largest absolute Gasteiger partial charge is 0.338 e. The van der Waals surface area contributed by atoms with Gasteiger partial charge >= 0.3 is 0 Å². The van der Waals surface area contributed by atoms with E-state index in [1.54, 1.807) is 11.3 Å². The molecule has 2 aromatic carbocycles. The molecule has 4 aromatic rings. The average Bonchev–Trinajstić information content (AvgIpc) is 3.35. The highest BCUT2D eigenvalue weighted by molar-refractivity contribution is 7.09. The van der Waals surface area contributed by atoms with Crippen LogP contribution < -0.4 is 5.32 Å². The van der Waals surface area contributed by atoms with Gasteiger partial charge in [-0.15, -0.1) is 11.3 Å². The number of aromatic nitrogens is 2. The minimum Gasteiger partial charge on any atom is -0.338 e. The zero-order valence-electron chi connectivity index (χ0n) is 14.9. The van der Waals surface area contributed by atoms with Gasteiger partial charge in [0.1, 0.15) is 6.04 Å². The van der Waals surface area contributed by atoms with E-state index in [4.69, 9.17) is 0 Å². The molecule has 0 aliphatic heterocycles. The summed E-state index contributed by atoms with van der Waals surface area (Å²) >= 11 is 1.62. The molecule has 1 amide bonds. The molecule has 1 N–H and O–H groups in total. The Morgan fingerprint density at radius 2 is 1.81 bits per heavy atom. The standard InChI is InChI=1S/C22H19N3OS/c1-16-23-20(15-27-16)18-10-7-11-19(14-18)24-22(26)21(25-12-5-6-13-25)17-8-3-2-4-9-17/h2-15,21H,1H3,(H,24,26)/t21-/m1/s1. The fourth-order valence-corrected chi connectivity index (χ4v) is 3.70. The van der Waals surface area contributed by atoms with Crippen molar-refractivity contribution in [1.82, 2.24) is 9.55 Å². The van der Waals surface area contributed by atoms with Crippen molar-refractivity contribution >= 4 is 22.9 Å². The van der Waals surface area contributed by atoms with Gasteiger partial charge < -0.3 is 9.88 Å². The number of rotatable bonds is 5. The van der Waals surface area contributed by atoms with Crippen molar-refractivity contribution in [2.24, 2.45) is 0 Å². The molecule has 2 heterocycles. The molecule has 0 fully saturated rings. The minimum absolute atomic E-state index is 0.0796. The first-order valence-electron chi connectivity index (χ1n) is 8.71. The lowest BCUT2D eigenvalue weighted by Crippen LogP contribution is -2.26. The molecule has 0 radical (unpaired) electrons. The molecule has 0 bridgehead atoms. The van der Waals surface area contributed by atoms with Gasteiger partial charge in [0, 0.05) is 29.0 Å². The Kier molecular flexibility index (Phi) is 4.85. The van der Waals surface area contributed by atoms with Crippen molar-refractivity contribution in [3.63, 3.8) is 0 Å². The Morgan fingerprint density at radius 3 is 2.52 bits per heavy atom. The number of aryl methyl sites for hydroxylation is 1. The molecular weight excluding hydrogens is 354 g/mol. The molecule has 0 spiro atoms. The first kappa shape index (κ1) is 17.2. The SMILES string of the molecule is Cc1nc(-c2cccc(NC(=O)[C@@H](c3ccccc3)n3cccc3)c2)cs1. The first-order valence-corrected chi connectivity index (χ1v) is 9.59. The lowest BCUT2D eigenvalue weighted by atomic mass is 10.1. The van der Waals surface area contributed by atoms with Crippen molar-refractivity contribution in [3.05, 3.63) is 95.1 Å². The topological polar surface area (TPSA) is 46.9 Å². The Balaban J connectivity index is 1.62. The monoisotopic (exact) mass is 373 g/mol. The fraction of sp³-hybridized carbons (Fsp3) is 0.0909. The second-order valence-corrected chi connectivity index (χ2v) is 7.33. The molecule has 5 heteroatoms. The second kappa shape index (κ2) is 7.60. The summed E-state index contributed by atoms with van der Waals surface area (Å²) in [6, 6.07) is 21.0. The Morgan fingerprint density at radius 1 is 1.04 bits per heavy atom. The van der Waals surface area contributed by atoms with Crippen LogP contribution in [0.25, 0.3) is 11.3 Å². The van der Waals surface area contributed by atoms with Gasteiger partial charge in [0.05, 0.1) is 10.7 Å². The van der Waals surface area contributed by atoms with Crippen molar-refractivity contribution in [2.75, 3.05) is 5.32 Å². The lowest BCUT2D eigenvalue weighted by Gasteiger charge is -2.19. The molecule has 1 atom stereocenters. The van der Waals surface area contributed by atoms with Gasteiger partial charge in [-0.25, -0.2) is 4.98 Å². The third kappa shape index (κ3) is 3.83. The van der Waals surface area contributed by atoms with Crippen LogP contribution >= 0.6 is 11.3 Å². The van der Waals surface area contributed by atoms with Gasteiger partial charge in [-0.05, 0) is 36.8 Å². The fourth-order valence-electron chi connectivity index (χ4n) is 3.08. The number of amides is 1. The summed E-state index contributed by atoms with van der Waals surface area (Å²) in [5.74, 6) is -0.0796. The van der Waals surface area contributed by atoms with E-state index in [9.17, 15) is 4.79 Å². The molecule has 4 nitrogen and oxygen atoms in total. The molecule has 27 heavy (non-hydrogen) atoms. The summed E-state index contributed by atoms with van der Waals surface area (Å²) < 4.78 is 1.91. The van der Waals surface area contributed by atoms with E-state index in [1.165, 1.54) is 0 Å². The molecular formula is C22H19N3OS. The van der Waals surface area contributed by atoms with E-state index < -0.39 is 6.04 Å². The maximum atomic E-state index is 13.1. The van der Waals surface area contributed by atoms with Crippen molar-refractivity contribution in [2.45, 2.75) is 13.0 Å². The maximum absolute atomic E-state index is 13.1. The number of carbonyl (C=O) groups excluding carboxylic acids is 1. The van der Waals surface area contributed by atoms with E-state index in [0.29, 0.717) is 0 Å². The van der Waals surface area contributed by atoms with E-state index in [0.717, 1.165) is 27.5 Å². The zero-order chi connectivity index (χ0) is 18.6. The summed E-state index contributed by atoms with van der Waals surface area (Å²) in [6.45, 7) is 1.99. The second-order valence-electron chi connectivity index (χ2n) is 6.27. The Labute approximate surface area is 162 Å². The van der Waals surface area contributed by atoms with Gasteiger partial charge in [-0.1, -0.05) is 42.5 Å². The average molecular weight is 373 g/mol. The van der Waals surface area contributed by atoms with Crippen molar-refractivity contribution in [3.8, 4) is 11.3 Å². The van der Waals surface area contributed by atoms with Crippen LogP contribution in [-0.2, 0) is 4.79 Å². The summed E-state index contributed by atoms with van der Waals surface area (Å²) in [7, 11) is 0. The van der Waals surface area contributed by atoms with Crippen LogP contribution in [0.15, 0.2) is 84.5 Å². The number of carbonyl (C=O) groups is 1. The highest BCUT2D eigenvalue weighted by atomic mass is 32.1. The third-order valence-electron chi connectivity index (χ3n) is 4.33. The normalized spacial score (nSPS) is 11.9. The maximum Gasteiger partial charge on any atom is 0.252 e. The van der Waals surface area contributed by atoms with Crippen LogP contribution in [0.5, 0.6) is 0 Å². The van der Waals surface area contributed by atoms with Gasteiger partial charge in [0.25, 0.3) is 5.91 Å². The Hall–Kier alpha value is -3.18. The number of benzene rings is 2. The molecule has 0 saturated carbocycles. The van der Waals surface area contributed by atoms with Crippen LogP contribution in [0.3, 0.4) is 0 Å². The summed E-state index contributed by atoms with van der Waals surface area (Å²) in [4.78, 5) is 17.6. The quantitative estimate of drug-likeness (QED) is 0.526. The smallest absolute Gasteiger partial charge is 0.252 e. The third-order valence-corrected chi connectivity index (χ3v) is 5.11. The molecule has 134 valence electrons. The van der Waals surface area contributed by atoms with Crippen molar-refractivity contribution < 1.29 is 4.79 Å². The minimum atomic E-state index is -0.425. The van der Waals surface area contributed by atoms with Crippen LogP contribution in [-0.4, -0.2) is 15.5 Å². The predicted molar refractivity (Wildman–Crippen MR) is 110 cm³/mol. The highest BCUT2D eigenvalue weighted by Gasteiger charge is 2.22. The van der Waals surface area contributed by atoms with Crippen LogP contribution in [0.4, 0.5) is 5.69 Å². The zero-order valence-corrected chi connectivity index (χ0v) is 15.7. The highest BCUT2D eigenvalue weighted by Crippen LogP contribution is 2.26. The number of thiazole rings is 1. The molecule has 0 aliphatic carbocycles. The number of anilines is 1.